The fourth-order valence-corrected chi connectivity index (χ4v) is 0. The molecule has 0 atom stereocenters. The van der Waals surface area contributed by atoms with Gasteiger partial charge >= 0.3 is 74.6 Å². The van der Waals surface area contributed by atoms with E-state index in [-0.39, 0.29) is 60.2 Å². The molecule has 0 aromatic heterocycles. The second-order valence-electron chi connectivity index (χ2n) is 0.860. The Hall–Kier alpha value is 0.540. The van der Waals surface area contributed by atoms with Gasteiger partial charge in [0.2, 0.25) is 0 Å². The van der Waals surface area contributed by atoms with E-state index in [2.05, 4.69) is 2.64 Å². The first-order valence-electron chi connectivity index (χ1n) is 1.74. The van der Waals surface area contributed by atoms with E-state index in [9.17, 15) is 4.79 Å². The Labute approximate surface area is 94.2 Å². The molecule has 0 aliphatic heterocycles. The largest absolute Gasteiger partial charge is 1.00 e. The van der Waals surface area contributed by atoms with Crippen molar-refractivity contribution in [2.45, 2.75) is 6.92 Å². The number of hydrogen-bond acceptors (Lipinski definition) is 5. The molecule has 0 saturated carbocycles. The van der Waals surface area contributed by atoms with Crippen LogP contribution in [0.4, 0.5) is 0 Å². The first-order valence-corrected chi connectivity index (χ1v) is 3.99. The SMILES string of the molecule is CC(=O)[O][Hg].O=[N+]([O-])[O-].[Hg+]. The Bertz CT molecular complexity index is 102. The van der Waals surface area contributed by atoms with Gasteiger partial charge in [0.1, 0.15) is 0 Å². The van der Waals surface area contributed by atoms with Crippen LogP contribution in [0.2, 0.25) is 0 Å². The van der Waals surface area contributed by atoms with Gasteiger partial charge in [-0.3, -0.25) is 0 Å². The number of carbonyl (C=O) groups is 1. The maximum Gasteiger partial charge on any atom is 1.00 e. The molecule has 0 amide bonds. The standard InChI is InChI=1S/C2H4O2.2Hg.NO3/c1-2(3)4;;;2-1(3)4/h1H3,(H,3,4);;;/q;2*+1;-1/p-1. The molecule has 0 fully saturated rings. The number of nitrogens with zero attached hydrogens (tertiary/aromatic N) is 1. The quantitative estimate of drug-likeness (QED) is 0.249. The van der Waals surface area contributed by atoms with Crippen molar-refractivity contribution in [3.05, 3.63) is 15.3 Å². The molecule has 0 spiro atoms. The van der Waals surface area contributed by atoms with Crippen LogP contribution >= 0.6 is 0 Å². The van der Waals surface area contributed by atoms with E-state index in [4.69, 9.17) is 15.3 Å². The van der Waals surface area contributed by atoms with Crippen molar-refractivity contribution in [3.63, 3.8) is 0 Å². The van der Waals surface area contributed by atoms with Gasteiger partial charge in [0.25, 0.3) is 0 Å². The first kappa shape index (κ1) is 16.9. The maximum atomic E-state index is 9.64. The number of rotatable bonds is 0. The van der Waals surface area contributed by atoms with Gasteiger partial charge in [-0.2, -0.15) is 0 Å². The van der Waals surface area contributed by atoms with Crippen molar-refractivity contribution in [3.8, 4) is 0 Å². The normalized spacial score (nSPS) is 5.90. The van der Waals surface area contributed by atoms with E-state index in [1.165, 1.54) is 6.92 Å². The molecule has 0 aromatic rings. The minimum atomic E-state index is -1.75. The molecule has 0 N–H and O–H groups in total. The third-order valence-corrected chi connectivity index (χ3v) is 1.78. The fraction of sp³-hybridized carbons (Fsp3) is 0.500. The van der Waals surface area contributed by atoms with E-state index in [0.29, 0.717) is 0 Å². The van der Waals surface area contributed by atoms with Crippen molar-refractivity contribution in [2.75, 3.05) is 0 Å². The molecule has 0 unspecified atom stereocenters. The van der Waals surface area contributed by atoms with Crippen LogP contribution in [-0.4, -0.2) is 11.1 Å². The summed E-state index contributed by atoms with van der Waals surface area (Å²) in [5, 5.41) is 14.8. The maximum absolute atomic E-state index is 9.64. The molecule has 8 heteroatoms. The Kier molecular flexibility index (Phi) is 20.7. The molecule has 10 heavy (non-hydrogen) atoms. The molecular formula is C2H3Hg2NO5. The molecular weight excluding hydrogens is 519 g/mol. The topological polar surface area (TPSA) is 92.5 Å². The summed E-state index contributed by atoms with van der Waals surface area (Å²) < 4.78 is 4.31. The minimum absolute atomic E-state index is 0. The summed E-state index contributed by atoms with van der Waals surface area (Å²) in [4.78, 5) is 17.9. The van der Waals surface area contributed by atoms with Crippen molar-refractivity contribution in [1.29, 1.82) is 0 Å². The van der Waals surface area contributed by atoms with Gasteiger partial charge in [0.05, 0.1) is 5.09 Å². The Balaban J connectivity index is -0.0000000910. The fourth-order valence-electron chi connectivity index (χ4n) is 0. The van der Waals surface area contributed by atoms with Gasteiger partial charge in [-0.25, -0.2) is 0 Å². The van der Waals surface area contributed by atoms with Crippen LogP contribution in [-0.2, 0) is 61.7 Å². The van der Waals surface area contributed by atoms with Crippen LogP contribution in [0.1, 0.15) is 6.92 Å². The van der Waals surface area contributed by atoms with Crippen molar-refractivity contribution >= 4 is 5.97 Å². The zero-order valence-electron chi connectivity index (χ0n) is 5.40. The van der Waals surface area contributed by atoms with Crippen LogP contribution in [0.25, 0.3) is 0 Å². The summed E-state index contributed by atoms with van der Waals surface area (Å²) in [7, 11) is 0. The number of hydrogen-bond donors (Lipinski definition) is 0. The summed E-state index contributed by atoms with van der Waals surface area (Å²) >= 11 is 0.194. The van der Waals surface area contributed by atoms with E-state index >= 15 is 0 Å². The smallest absolute Gasteiger partial charge is 0.356 e. The Morgan fingerprint density at radius 1 is 1.60 bits per heavy atom. The van der Waals surface area contributed by atoms with E-state index in [0.717, 1.165) is 0 Å². The molecule has 0 heterocycles. The molecule has 1 radical (unpaired) electrons. The van der Waals surface area contributed by atoms with Gasteiger partial charge in [0.15, 0.2) is 0 Å². The molecule has 6 nitrogen and oxygen atoms in total. The van der Waals surface area contributed by atoms with Crippen LogP contribution in [0.5, 0.6) is 0 Å². The molecule has 0 rings (SSSR count). The van der Waals surface area contributed by atoms with E-state index in [1.54, 1.807) is 0 Å². The monoisotopic (exact) mass is 525 g/mol. The van der Waals surface area contributed by atoms with Crippen LogP contribution < -0.4 is 0 Å². The zero-order chi connectivity index (χ0) is 7.86. The summed E-state index contributed by atoms with van der Waals surface area (Å²) in [6, 6.07) is 0. The van der Waals surface area contributed by atoms with Gasteiger partial charge in [-0.05, 0) is 0 Å². The molecule has 50 valence electrons. The minimum Gasteiger partial charge on any atom is -0.356 e. The molecule has 0 aromatic carbocycles. The first-order chi connectivity index (χ1) is 4.00. The number of carbonyl (C=O) groups excluding carboxylic acids is 1. The Morgan fingerprint density at radius 2 is 1.70 bits per heavy atom. The summed E-state index contributed by atoms with van der Waals surface area (Å²) in [5.74, 6) is -0.159. The summed E-state index contributed by atoms with van der Waals surface area (Å²) in [6.07, 6.45) is 0. The van der Waals surface area contributed by atoms with Gasteiger partial charge in [0, 0.05) is 0 Å². The van der Waals surface area contributed by atoms with Gasteiger partial charge < -0.3 is 15.3 Å². The van der Waals surface area contributed by atoms with Gasteiger partial charge in [-0.1, -0.05) is 0 Å². The van der Waals surface area contributed by atoms with E-state index in [1.807, 2.05) is 0 Å². The van der Waals surface area contributed by atoms with Crippen LogP contribution in [0.15, 0.2) is 0 Å². The summed E-state index contributed by atoms with van der Waals surface area (Å²) in [5.41, 5.74) is 0. The molecule has 0 aliphatic rings. The predicted octanol–water partition coefficient (Wildman–Crippen LogP) is -0.230. The zero-order valence-corrected chi connectivity index (χ0v) is 16.4. The third kappa shape index (κ3) is 75.3. The molecule has 0 bridgehead atoms. The van der Waals surface area contributed by atoms with Gasteiger partial charge in [-0.15, -0.1) is 0 Å². The van der Waals surface area contributed by atoms with Crippen molar-refractivity contribution < 1.29 is 66.8 Å². The van der Waals surface area contributed by atoms with E-state index < -0.39 is 5.09 Å². The average molecular weight is 522 g/mol. The summed E-state index contributed by atoms with van der Waals surface area (Å²) in [6.45, 7) is 1.41. The predicted molar refractivity (Wildman–Crippen MR) is 22.1 cm³/mol. The average Bonchev–Trinajstić information content (AvgIpc) is 1.65. The second kappa shape index (κ2) is 12.2. The Morgan fingerprint density at radius 3 is 1.70 bits per heavy atom. The third-order valence-electron chi connectivity index (χ3n) is 0.203. The van der Waals surface area contributed by atoms with Crippen molar-refractivity contribution in [2.24, 2.45) is 0 Å². The molecule has 0 aliphatic carbocycles. The van der Waals surface area contributed by atoms with Crippen molar-refractivity contribution in [1.82, 2.24) is 0 Å². The second-order valence-corrected chi connectivity index (χ2v) is 1.98. The molecule has 0 saturated heterocycles. The van der Waals surface area contributed by atoms with Crippen LogP contribution in [0, 0.1) is 15.3 Å². The van der Waals surface area contributed by atoms with Crippen LogP contribution in [0.3, 0.4) is 0 Å².